The Kier molecular flexibility index (Phi) is 4.18. The van der Waals surface area contributed by atoms with Crippen molar-refractivity contribution in [3.05, 3.63) is 40.2 Å². The lowest BCUT2D eigenvalue weighted by molar-refractivity contribution is 0.0700. The highest BCUT2D eigenvalue weighted by Crippen LogP contribution is 2.32. The maximum Gasteiger partial charge on any atom is 0.347 e. The number of halogens is 1. The molecule has 1 aromatic heterocycles. The molecule has 0 atom stereocenters. The van der Waals surface area contributed by atoms with Crippen molar-refractivity contribution >= 4 is 17.3 Å². The van der Waals surface area contributed by atoms with E-state index in [2.05, 4.69) is 4.98 Å². The van der Waals surface area contributed by atoms with Gasteiger partial charge in [0.2, 0.25) is 0 Å². The monoisotopic (exact) mass is 293 g/mol. The van der Waals surface area contributed by atoms with Crippen molar-refractivity contribution in [1.29, 1.82) is 0 Å². The molecule has 2 aromatic rings. The van der Waals surface area contributed by atoms with Crippen molar-refractivity contribution in [2.45, 2.75) is 27.2 Å². The molecule has 106 valence electrons. The first-order valence-electron chi connectivity index (χ1n) is 6.38. The maximum atomic E-state index is 14.1. The molecule has 0 fully saturated rings. The molecule has 1 aromatic carbocycles. The number of carboxylic acid groups (broad SMARTS) is 1. The van der Waals surface area contributed by atoms with Crippen LogP contribution in [0.25, 0.3) is 10.6 Å². The molecule has 5 heteroatoms. The second-order valence-electron chi connectivity index (χ2n) is 5.13. The molecule has 3 nitrogen and oxygen atoms in total. The summed E-state index contributed by atoms with van der Waals surface area (Å²) in [6, 6.07) is 5.06. The van der Waals surface area contributed by atoms with Crippen LogP contribution in [0.5, 0.6) is 0 Å². The number of benzene rings is 1. The van der Waals surface area contributed by atoms with Crippen LogP contribution in [-0.2, 0) is 6.42 Å². The van der Waals surface area contributed by atoms with Crippen LogP contribution >= 0.6 is 11.3 Å². The lowest BCUT2D eigenvalue weighted by Gasteiger charge is -2.02. The van der Waals surface area contributed by atoms with E-state index in [4.69, 9.17) is 0 Å². The van der Waals surface area contributed by atoms with Gasteiger partial charge in [-0.2, -0.15) is 0 Å². The highest BCUT2D eigenvalue weighted by Gasteiger charge is 2.20. The molecular formula is C15H16FNO2S. The molecule has 0 spiro atoms. The fraction of sp³-hybridized carbons (Fsp3) is 0.333. The van der Waals surface area contributed by atoms with Gasteiger partial charge in [0, 0.05) is 5.56 Å². The van der Waals surface area contributed by atoms with Gasteiger partial charge in [0.15, 0.2) is 0 Å². The van der Waals surface area contributed by atoms with Crippen LogP contribution in [0.3, 0.4) is 0 Å². The number of carboxylic acids is 1. The van der Waals surface area contributed by atoms with Gasteiger partial charge in [-0.25, -0.2) is 14.2 Å². The second-order valence-corrected chi connectivity index (χ2v) is 6.13. The fourth-order valence-electron chi connectivity index (χ4n) is 1.97. The number of aromatic nitrogens is 1. The molecule has 0 saturated heterocycles. The van der Waals surface area contributed by atoms with Gasteiger partial charge in [0.05, 0.1) is 5.69 Å². The maximum absolute atomic E-state index is 14.1. The molecule has 1 heterocycles. The second kappa shape index (κ2) is 5.71. The summed E-state index contributed by atoms with van der Waals surface area (Å²) in [5.41, 5.74) is 1.43. The molecule has 0 amide bonds. The fourth-order valence-corrected chi connectivity index (χ4v) is 2.92. The summed E-state index contributed by atoms with van der Waals surface area (Å²) in [7, 11) is 0. The summed E-state index contributed by atoms with van der Waals surface area (Å²) in [4.78, 5) is 15.8. The first kappa shape index (κ1) is 14.7. The molecule has 2 rings (SSSR count). The van der Waals surface area contributed by atoms with Crippen LogP contribution in [0.1, 0.15) is 34.8 Å². The van der Waals surface area contributed by atoms with Gasteiger partial charge < -0.3 is 5.11 Å². The smallest absolute Gasteiger partial charge is 0.347 e. The number of nitrogens with zero attached hydrogens (tertiary/aromatic N) is 1. The molecular weight excluding hydrogens is 277 g/mol. The van der Waals surface area contributed by atoms with E-state index in [1.807, 2.05) is 13.8 Å². The Balaban J connectivity index is 2.53. The minimum atomic E-state index is -1.00. The average Bonchev–Trinajstić information content (AvgIpc) is 2.75. The molecule has 0 radical (unpaired) electrons. The number of hydrogen-bond donors (Lipinski definition) is 1. The van der Waals surface area contributed by atoms with Crippen LogP contribution in [-0.4, -0.2) is 16.1 Å². The Morgan fingerprint density at radius 1 is 1.45 bits per heavy atom. The lowest BCUT2D eigenvalue weighted by Crippen LogP contribution is -2.02. The Morgan fingerprint density at radius 2 is 2.15 bits per heavy atom. The van der Waals surface area contributed by atoms with Gasteiger partial charge in [0.25, 0.3) is 0 Å². The van der Waals surface area contributed by atoms with Crippen molar-refractivity contribution in [1.82, 2.24) is 4.98 Å². The van der Waals surface area contributed by atoms with E-state index in [1.165, 1.54) is 0 Å². The number of aryl methyl sites for hydroxylation is 1. The zero-order chi connectivity index (χ0) is 14.9. The van der Waals surface area contributed by atoms with Crippen molar-refractivity contribution < 1.29 is 14.3 Å². The van der Waals surface area contributed by atoms with Gasteiger partial charge in [-0.1, -0.05) is 26.0 Å². The van der Waals surface area contributed by atoms with Crippen LogP contribution in [0.15, 0.2) is 18.2 Å². The zero-order valence-corrected chi connectivity index (χ0v) is 12.4. The van der Waals surface area contributed by atoms with E-state index in [0.29, 0.717) is 34.2 Å². The van der Waals surface area contributed by atoms with Crippen LogP contribution in [0, 0.1) is 18.7 Å². The van der Waals surface area contributed by atoms with E-state index in [0.717, 1.165) is 11.3 Å². The average molecular weight is 293 g/mol. The van der Waals surface area contributed by atoms with Crippen LogP contribution in [0.4, 0.5) is 4.39 Å². The van der Waals surface area contributed by atoms with Gasteiger partial charge in [-0.05, 0) is 30.9 Å². The van der Waals surface area contributed by atoms with Crippen molar-refractivity contribution in [3.63, 3.8) is 0 Å². The Morgan fingerprint density at radius 3 is 2.75 bits per heavy atom. The standard InChI is InChI=1S/C15H16FNO2S/c1-8(2)7-11-13(15(18)19)20-14(17-11)10-6-4-5-9(3)12(10)16/h4-6,8H,7H2,1-3H3,(H,18,19). The van der Waals surface area contributed by atoms with Crippen LogP contribution in [0.2, 0.25) is 0 Å². The first-order valence-corrected chi connectivity index (χ1v) is 7.20. The molecule has 20 heavy (non-hydrogen) atoms. The summed E-state index contributed by atoms with van der Waals surface area (Å²) >= 11 is 1.03. The summed E-state index contributed by atoms with van der Waals surface area (Å²) in [6.45, 7) is 5.68. The molecule has 0 aliphatic heterocycles. The Hall–Kier alpha value is -1.75. The number of carbonyl (C=O) groups is 1. The van der Waals surface area contributed by atoms with E-state index in [1.54, 1.807) is 25.1 Å². The van der Waals surface area contributed by atoms with E-state index in [-0.39, 0.29) is 10.7 Å². The van der Waals surface area contributed by atoms with E-state index in [9.17, 15) is 14.3 Å². The third-order valence-electron chi connectivity index (χ3n) is 2.92. The third kappa shape index (κ3) is 2.88. The SMILES string of the molecule is Cc1cccc(-c2nc(CC(C)C)c(C(=O)O)s2)c1F. The number of aromatic carboxylic acids is 1. The quantitative estimate of drug-likeness (QED) is 0.921. The van der Waals surface area contributed by atoms with Gasteiger partial charge in [0.1, 0.15) is 15.7 Å². The molecule has 0 aliphatic rings. The number of hydrogen-bond acceptors (Lipinski definition) is 3. The van der Waals surface area contributed by atoms with Gasteiger partial charge >= 0.3 is 5.97 Å². The van der Waals surface area contributed by atoms with Crippen molar-refractivity contribution in [2.75, 3.05) is 0 Å². The number of rotatable bonds is 4. The molecule has 1 N–H and O–H groups in total. The summed E-state index contributed by atoms with van der Waals surface area (Å²) in [5.74, 6) is -1.04. The number of thiazole rings is 1. The normalized spacial score (nSPS) is 11.1. The van der Waals surface area contributed by atoms with Crippen molar-refractivity contribution in [3.8, 4) is 10.6 Å². The van der Waals surface area contributed by atoms with E-state index >= 15 is 0 Å². The Labute approximate surface area is 121 Å². The highest BCUT2D eigenvalue weighted by atomic mass is 32.1. The third-order valence-corrected chi connectivity index (χ3v) is 4.03. The molecule has 0 aliphatic carbocycles. The van der Waals surface area contributed by atoms with Gasteiger partial charge in [-0.3, -0.25) is 0 Å². The topological polar surface area (TPSA) is 50.2 Å². The van der Waals surface area contributed by atoms with Crippen LogP contribution < -0.4 is 0 Å². The van der Waals surface area contributed by atoms with Gasteiger partial charge in [-0.15, -0.1) is 11.3 Å². The summed E-state index contributed by atoms with van der Waals surface area (Å²) < 4.78 is 14.1. The van der Waals surface area contributed by atoms with E-state index < -0.39 is 5.97 Å². The molecule has 0 bridgehead atoms. The largest absolute Gasteiger partial charge is 0.477 e. The minimum Gasteiger partial charge on any atom is -0.477 e. The predicted octanol–water partition coefficient (Wildman–Crippen LogP) is 4.15. The minimum absolute atomic E-state index is 0.203. The lowest BCUT2D eigenvalue weighted by atomic mass is 10.1. The first-order chi connectivity index (χ1) is 9.40. The summed E-state index contributed by atoms with van der Waals surface area (Å²) in [5, 5.41) is 9.67. The predicted molar refractivity (Wildman–Crippen MR) is 77.7 cm³/mol. The Bertz CT molecular complexity index is 649. The zero-order valence-electron chi connectivity index (χ0n) is 11.6. The highest BCUT2D eigenvalue weighted by molar-refractivity contribution is 7.17. The molecule has 0 unspecified atom stereocenters. The van der Waals surface area contributed by atoms with Crippen molar-refractivity contribution in [2.24, 2.45) is 5.92 Å². The molecule has 0 saturated carbocycles. The summed E-state index contributed by atoms with van der Waals surface area (Å²) in [6.07, 6.45) is 0.575.